The summed E-state index contributed by atoms with van der Waals surface area (Å²) in [6.45, 7) is 7.77. The summed E-state index contributed by atoms with van der Waals surface area (Å²) < 4.78 is 5.30. The molecule has 0 bridgehead atoms. The lowest BCUT2D eigenvalue weighted by Gasteiger charge is -2.17. The molecule has 3 aromatic carbocycles. The SMILES string of the molecule is CCN(CC)CCO/N=C(/c1ccc(OC)cc1)c1cccc2ccccc12. The van der Waals surface area contributed by atoms with Gasteiger partial charge in [0.25, 0.3) is 0 Å². The van der Waals surface area contributed by atoms with Gasteiger partial charge >= 0.3 is 0 Å². The van der Waals surface area contributed by atoms with Crippen LogP contribution < -0.4 is 4.74 Å². The molecule has 0 atom stereocenters. The van der Waals surface area contributed by atoms with Crippen LogP contribution in [-0.4, -0.2) is 44.0 Å². The van der Waals surface area contributed by atoms with Crippen molar-refractivity contribution in [3.8, 4) is 5.75 Å². The topological polar surface area (TPSA) is 34.1 Å². The number of hydrogen-bond acceptors (Lipinski definition) is 4. The van der Waals surface area contributed by atoms with Crippen LogP contribution >= 0.6 is 0 Å². The van der Waals surface area contributed by atoms with E-state index < -0.39 is 0 Å². The van der Waals surface area contributed by atoms with Crippen molar-refractivity contribution in [1.29, 1.82) is 0 Å². The molecule has 0 N–H and O–H groups in total. The molecule has 3 rings (SSSR count). The molecule has 0 aliphatic rings. The first-order valence-electron chi connectivity index (χ1n) is 9.81. The van der Waals surface area contributed by atoms with Crippen molar-refractivity contribution in [2.24, 2.45) is 5.16 Å². The molecule has 0 radical (unpaired) electrons. The van der Waals surface area contributed by atoms with Crippen molar-refractivity contribution in [2.45, 2.75) is 13.8 Å². The highest BCUT2D eigenvalue weighted by Crippen LogP contribution is 2.23. The predicted octanol–water partition coefficient (Wildman–Crippen LogP) is 4.96. The van der Waals surface area contributed by atoms with Gasteiger partial charge in [-0.15, -0.1) is 0 Å². The zero-order valence-electron chi connectivity index (χ0n) is 16.9. The van der Waals surface area contributed by atoms with E-state index in [1.54, 1.807) is 7.11 Å². The summed E-state index contributed by atoms with van der Waals surface area (Å²) in [5.74, 6) is 0.823. The van der Waals surface area contributed by atoms with Crippen LogP contribution in [0, 0.1) is 0 Å². The fourth-order valence-corrected chi connectivity index (χ4v) is 3.26. The Labute approximate surface area is 167 Å². The molecule has 0 saturated carbocycles. The van der Waals surface area contributed by atoms with Crippen molar-refractivity contribution < 1.29 is 9.57 Å². The van der Waals surface area contributed by atoms with Crippen LogP contribution in [0.3, 0.4) is 0 Å². The van der Waals surface area contributed by atoms with Crippen LogP contribution in [-0.2, 0) is 4.84 Å². The van der Waals surface area contributed by atoms with Crippen molar-refractivity contribution in [3.63, 3.8) is 0 Å². The number of likely N-dealkylation sites (N-methyl/N-ethyl adjacent to an activating group) is 1. The molecule has 0 unspecified atom stereocenters. The van der Waals surface area contributed by atoms with E-state index in [4.69, 9.17) is 9.57 Å². The molecule has 146 valence electrons. The monoisotopic (exact) mass is 376 g/mol. The average Bonchev–Trinajstić information content (AvgIpc) is 2.76. The number of rotatable bonds is 9. The second-order valence-electron chi connectivity index (χ2n) is 6.56. The van der Waals surface area contributed by atoms with Crippen LogP contribution in [0.1, 0.15) is 25.0 Å². The molecule has 4 heteroatoms. The van der Waals surface area contributed by atoms with Crippen LogP contribution in [0.5, 0.6) is 5.75 Å². The Kier molecular flexibility index (Phi) is 7.04. The fraction of sp³-hybridized carbons (Fsp3) is 0.292. The van der Waals surface area contributed by atoms with Gasteiger partial charge in [0.1, 0.15) is 18.1 Å². The summed E-state index contributed by atoms with van der Waals surface area (Å²) >= 11 is 0. The molecular formula is C24H28N2O2. The Morgan fingerprint density at radius 3 is 2.32 bits per heavy atom. The van der Waals surface area contributed by atoms with Crippen molar-refractivity contribution in [1.82, 2.24) is 4.90 Å². The van der Waals surface area contributed by atoms with Gasteiger partial charge in [0, 0.05) is 17.7 Å². The third-order valence-corrected chi connectivity index (χ3v) is 4.96. The highest BCUT2D eigenvalue weighted by molar-refractivity contribution is 6.19. The molecule has 0 fully saturated rings. The van der Waals surface area contributed by atoms with E-state index in [1.807, 2.05) is 24.3 Å². The van der Waals surface area contributed by atoms with Gasteiger partial charge < -0.3 is 14.5 Å². The molecule has 0 saturated heterocycles. The Balaban J connectivity index is 1.95. The Morgan fingerprint density at radius 2 is 1.61 bits per heavy atom. The van der Waals surface area contributed by atoms with Gasteiger partial charge in [0.2, 0.25) is 0 Å². The molecular weight excluding hydrogens is 348 g/mol. The fourth-order valence-electron chi connectivity index (χ4n) is 3.26. The number of ether oxygens (including phenoxy) is 1. The molecule has 0 heterocycles. The summed E-state index contributed by atoms with van der Waals surface area (Å²) in [6.07, 6.45) is 0. The maximum Gasteiger partial charge on any atom is 0.129 e. The number of oxime groups is 1. The standard InChI is InChI=1S/C24H28N2O2/c1-4-26(5-2)17-18-28-25-24(20-13-15-21(27-3)16-14-20)23-12-8-10-19-9-6-7-11-22(19)23/h6-16H,4-5,17-18H2,1-3H3/b25-24-. The van der Waals surface area contributed by atoms with Gasteiger partial charge in [-0.1, -0.05) is 61.5 Å². The first kappa shape index (κ1) is 19.9. The Hall–Kier alpha value is -2.85. The van der Waals surface area contributed by atoms with Crippen molar-refractivity contribution in [3.05, 3.63) is 77.9 Å². The van der Waals surface area contributed by atoms with Gasteiger partial charge in [-0.3, -0.25) is 0 Å². The first-order chi connectivity index (χ1) is 13.8. The summed E-state index contributed by atoms with van der Waals surface area (Å²) in [4.78, 5) is 8.08. The third kappa shape index (κ3) is 4.70. The maximum absolute atomic E-state index is 5.76. The number of methoxy groups -OCH3 is 1. The van der Waals surface area contributed by atoms with Gasteiger partial charge in [0.15, 0.2) is 0 Å². The summed E-state index contributed by atoms with van der Waals surface area (Å²) in [5.41, 5.74) is 2.89. The quantitative estimate of drug-likeness (QED) is 0.301. The van der Waals surface area contributed by atoms with Gasteiger partial charge in [-0.2, -0.15) is 0 Å². The smallest absolute Gasteiger partial charge is 0.129 e. The normalized spacial score (nSPS) is 11.8. The summed E-state index contributed by atoms with van der Waals surface area (Å²) in [7, 11) is 1.67. The molecule has 0 amide bonds. The largest absolute Gasteiger partial charge is 0.497 e. The van der Waals surface area contributed by atoms with Crippen molar-refractivity contribution in [2.75, 3.05) is 33.4 Å². The number of nitrogens with zero attached hydrogens (tertiary/aromatic N) is 2. The summed E-state index contributed by atoms with van der Waals surface area (Å²) in [6, 6.07) is 22.6. The van der Waals surface area contributed by atoms with E-state index in [-0.39, 0.29) is 0 Å². The minimum atomic E-state index is 0.562. The van der Waals surface area contributed by atoms with Crippen LogP contribution in [0.25, 0.3) is 10.8 Å². The van der Waals surface area contributed by atoms with E-state index in [0.29, 0.717) is 6.61 Å². The minimum absolute atomic E-state index is 0.562. The van der Waals surface area contributed by atoms with Gasteiger partial charge in [-0.05, 0) is 48.1 Å². The predicted molar refractivity (Wildman–Crippen MR) is 116 cm³/mol. The van der Waals surface area contributed by atoms with Gasteiger partial charge in [0.05, 0.1) is 7.11 Å². The molecule has 28 heavy (non-hydrogen) atoms. The third-order valence-electron chi connectivity index (χ3n) is 4.96. The zero-order chi connectivity index (χ0) is 19.8. The second-order valence-corrected chi connectivity index (χ2v) is 6.56. The van der Waals surface area contributed by atoms with Crippen LogP contribution in [0.15, 0.2) is 71.9 Å². The highest BCUT2D eigenvalue weighted by Gasteiger charge is 2.12. The van der Waals surface area contributed by atoms with E-state index in [1.165, 1.54) is 5.39 Å². The lowest BCUT2D eigenvalue weighted by Crippen LogP contribution is -2.26. The molecule has 0 aromatic heterocycles. The van der Waals surface area contributed by atoms with E-state index in [9.17, 15) is 0 Å². The molecule has 4 nitrogen and oxygen atoms in total. The van der Waals surface area contributed by atoms with Crippen molar-refractivity contribution >= 4 is 16.5 Å². The lowest BCUT2D eigenvalue weighted by atomic mass is 9.96. The zero-order valence-corrected chi connectivity index (χ0v) is 16.9. The average molecular weight is 377 g/mol. The number of hydrogen-bond donors (Lipinski definition) is 0. The van der Waals surface area contributed by atoms with E-state index in [2.05, 4.69) is 66.4 Å². The van der Waals surface area contributed by atoms with E-state index in [0.717, 1.165) is 47.6 Å². The molecule has 0 aliphatic carbocycles. The van der Waals surface area contributed by atoms with Crippen LogP contribution in [0.4, 0.5) is 0 Å². The molecule has 0 aliphatic heterocycles. The molecule has 3 aromatic rings. The first-order valence-corrected chi connectivity index (χ1v) is 9.81. The van der Waals surface area contributed by atoms with Crippen LogP contribution in [0.2, 0.25) is 0 Å². The second kappa shape index (κ2) is 9.90. The number of benzene rings is 3. The van der Waals surface area contributed by atoms with E-state index >= 15 is 0 Å². The van der Waals surface area contributed by atoms with Gasteiger partial charge in [-0.25, -0.2) is 0 Å². The Morgan fingerprint density at radius 1 is 0.893 bits per heavy atom. The lowest BCUT2D eigenvalue weighted by molar-refractivity contribution is 0.114. The highest BCUT2D eigenvalue weighted by atomic mass is 16.6. The number of fused-ring (bicyclic) bond motifs is 1. The summed E-state index contributed by atoms with van der Waals surface area (Å²) in [5, 5.41) is 6.90. The maximum atomic E-state index is 5.76. The Bertz CT molecular complexity index is 910. The minimum Gasteiger partial charge on any atom is -0.497 e. The molecule has 0 spiro atoms.